The van der Waals surface area contributed by atoms with E-state index in [0.717, 1.165) is 6.07 Å². The molecule has 1 heterocycles. The fourth-order valence-electron chi connectivity index (χ4n) is 1.76. The second-order valence-corrected chi connectivity index (χ2v) is 3.97. The van der Waals surface area contributed by atoms with Crippen molar-refractivity contribution in [3.63, 3.8) is 0 Å². The first-order chi connectivity index (χ1) is 9.43. The number of hydrogen-bond acceptors (Lipinski definition) is 4. The molecule has 0 aliphatic heterocycles. The molecule has 0 aliphatic carbocycles. The number of rotatable bonds is 3. The van der Waals surface area contributed by atoms with Crippen molar-refractivity contribution in [2.24, 2.45) is 5.84 Å². The molecule has 8 heteroatoms. The predicted molar refractivity (Wildman–Crippen MR) is 62.6 cm³/mol. The van der Waals surface area contributed by atoms with Crippen molar-refractivity contribution in [3.8, 4) is 0 Å². The molecule has 4 nitrogen and oxygen atoms in total. The Hall–Kier alpha value is -2.06. The van der Waals surface area contributed by atoms with Crippen LogP contribution in [0.25, 0.3) is 0 Å². The van der Waals surface area contributed by atoms with Gasteiger partial charge in [-0.2, -0.15) is 13.2 Å². The van der Waals surface area contributed by atoms with Crippen LogP contribution < -0.4 is 11.3 Å². The maximum atomic E-state index is 13.2. The first kappa shape index (κ1) is 14.4. The number of nitrogens with two attached hydrogens (primary N) is 1. The summed E-state index contributed by atoms with van der Waals surface area (Å²) in [6, 6.07) is 3.39. The second kappa shape index (κ2) is 5.51. The van der Waals surface area contributed by atoms with Gasteiger partial charge in [-0.05, 0) is 23.8 Å². The summed E-state index contributed by atoms with van der Waals surface area (Å²) in [5.41, 5.74) is 1.54. The molecule has 1 aromatic carbocycles. The zero-order valence-electron chi connectivity index (χ0n) is 10.0. The Morgan fingerprint density at radius 3 is 2.50 bits per heavy atom. The van der Waals surface area contributed by atoms with E-state index in [1.54, 1.807) is 0 Å². The van der Waals surface area contributed by atoms with Crippen molar-refractivity contribution >= 4 is 0 Å². The summed E-state index contributed by atoms with van der Waals surface area (Å²) in [7, 11) is 0. The lowest BCUT2D eigenvalue weighted by molar-refractivity contribution is -0.140. The van der Waals surface area contributed by atoms with Crippen LogP contribution >= 0.6 is 0 Å². The van der Waals surface area contributed by atoms with E-state index in [-0.39, 0.29) is 5.56 Å². The van der Waals surface area contributed by atoms with Crippen LogP contribution in [0, 0.1) is 5.82 Å². The van der Waals surface area contributed by atoms with E-state index in [4.69, 9.17) is 5.84 Å². The molecule has 0 fully saturated rings. The Labute approximate surface area is 111 Å². The first-order valence-corrected chi connectivity index (χ1v) is 5.52. The zero-order valence-corrected chi connectivity index (χ0v) is 10.0. The Morgan fingerprint density at radius 2 is 1.95 bits per heavy atom. The molecule has 1 atom stereocenters. The highest BCUT2D eigenvalue weighted by atomic mass is 19.4. The zero-order chi connectivity index (χ0) is 14.8. The van der Waals surface area contributed by atoms with Gasteiger partial charge in [-0.25, -0.2) is 19.8 Å². The quantitative estimate of drug-likeness (QED) is 0.516. The maximum absolute atomic E-state index is 13.2. The van der Waals surface area contributed by atoms with Gasteiger partial charge in [0.15, 0.2) is 0 Å². The van der Waals surface area contributed by atoms with Gasteiger partial charge in [0.1, 0.15) is 12.1 Å². The van der Waals surface area contributed by atoms with Gasteiger partial charge in [-0.3, -0.25) is 5.84 Å². The van der Waals surface area contributed by atoms with Crippen LogP contribution in [-0.4, -0.2) is 9.97 Å². The van der Waals surface area contributed by atoms with Gasteiger partial charge in [0.25, 0.3) is 0 Å². The van der Waals surface area contributed by atoms with Gasteiger partial charge in [0, 0.05) is 6.20 Å². The number of hydrogen-bond donors (Lipinski definition) is 2. The lowest BCUT2D eigenvalue weighted by Crippen LogP contribution is -2.29. The molecule has 2 rings (SSSR count). The van der Waals surface area contributed by atoms with E-state index in [2.05, 4.69) is 15.4 Å². The van der Waals surface area contributed by atoms with E-state index in [9.17, 15) is 17.6 Å². The molecule has 2 aromatic rings. The topological polar surface area (TPSA) is 63.8 Å². The number of halogens is 4. The minimum atomic E-state index is -4.77. The van der Waals surface area contributed by atoms with Crippen LogP contribution in [0.3, 0.4) is 0 Å². The summed E-state index contributed by atoms with van der Waals surface area (Å²) < 4.78 is 51.3. The van der Waals surface area contributed by atoms with Gasteiger partial charge in [-0.1, -0.05) is 6.07 Å². The summed E-state index contributed by atoms with van der Waals surface area (Å²) in [4.78, 5) is 7.62. The molecule has 0 bridgehead atoms. The van der Waals surface area contributed by atoms with Gasteiger partial charge in [0.05, 0.1) is 17.3 Å². The molecule has 0 amide bonds. The van der Waals surface area contributed by atoms with E-state index in [1.807, 2.05) is 0 Å². The highest BCUT2D eigenvalue weighted by Crippen LogP contribution is 2.33. The molecule has 0 saturated carbocycles. The average molecular weight is 286 g/mol. The first-order valence-electron chi connectivity index (χ1n) is 5.52. The number of benzene rings is 1. The standard InChI is InChI=1S/C12H10F4N4/c13-9-2-1-7(5-8(9)12(14,15)16)11(20-17)10-3-4-18-6-19-10/h1-6,11,20H,17H2. The normalized spacial score (nSPS) is 13.2. The molecule has 0 radical (unpaired) electrons. The molecule has 1 unspecified atom stereocenters. The number of hydrazine groups is 1. The molecule has 20 heavy (non-hydrogen) atoms. The van der Waals surface area contributed by atoms with Crippen LogP contribution in [0.5, 0.6) is 0 Å². The van der Waals surface area contributed by atoms with E-state index in [1.165, 1.54) is 24.7 Å². The van der Waals surface area contributed by atoms with Crippen LogP contribution in [0.2, 0.25) is 0 Å². The number of aromatic nitrogens is 2. The number of nitrogens with zero attached hydrogens (tertiary/aromatic N) is 2. The van der Waals surface area contributed by atoms with Gasteiger partial charge >= 0.3 is 6.18 Å². The van der Waals surface area contributed by atoms with Crippen LogP contribution in [0.1, 0.15) is 22.9 Å². The second-order valence-electron chi connectivity index (χ2n) is 3.97. The van der Waals surface area contributed by atoms with Gasteiger partial charge in [0.2, 0.25) is 0 Å². The van der Waals surface area contributed by atoms with Gasteiger partial charge < -0.3 is 0 Å². The van der Waals surface area contributed by atoms with Crippen molar-refractivity contribution in [1.29, 1.82) is 0 Å². The summed E-state index contributed by atoms with van der Waals surface area (Å²) in [5.74, 6) is 4.01. The number of alkyl halides is 3. The Kier molecular flexibility index (Phi) is 3.96. The molecule has 0 aliphatic rings. The van der Waals surface area contributed by atoms with Gasteiger partial charge in [-0.15, -0.1) is 0 Å². The minimum Gasteiger partial charge on any atom is -0.271 e. The lowest BCUT2D eigenvalue weighted by Gasteiger charge is -2.17. The third kappa shape index (κ3) is 2.91. The smallest absolute Gasteiger partial charge is 0.271 e. The van der Waals surface area contributed by atoms with Crippen molar-refractivity contribution in [3.05, 3.63) is 59.4 Å². The molecule has 1 aromatic heterocycles. The predicted octanol–water partition coefficient (Wildman–Crippen LogP) is 2.19. The third-order valence-corrected chi connectivity index (χ3v) is 2.70. The fourth-order valence-corrected chi connectivity index (χ4v) is 1.76. The van der Waals surface area contributed by atoms with E-state index < -0.39 is 23.6 Å². The molecule has 0 saturated heterocycles. The van der Waals surface area contributed by atoms with Crippen LogP contribution in [0.4, 0.5) is 17.6 Å². The highest BCUT2D eigenvalue weighted by molar-refractivity contribution is 5.33. The summed E-state index contributed by atoms with van der Waals surface area (Å²) in [6.07, 6.45) is -2.10. The largest absolute Gasteiger partial charge is 0.419 e. The third-order valence-electron chi connectivity index (χ3n) is 2.70. The summed E-state index contributed by atoms with van der Waals surface area (Å²) in [6.45, 7) is 0. The lowest BCUT2D eigenvalue weighted by atomic mass is 10.0. The summed E-state index contributed by atoms with van der Waals surface area (Å²) in [5, 5.41) is 0. The highest BCUT2D eigenvalue weighted by Gasteiger charge is 2.34. The van der Waals surface area contributed by atoms with Crippen molar-refractivity contribution < 1.29 is 17.6 Å². The molecular formula is C12H10F4N4. The molecular weight excluding hydrogens is 276 g/mol. The molecule has 3 N–H and O–H groups in total. The average Bonchev–Trinajstić information content (AvgIpc) is 2.41. The fraction of sp³-hybridized carbons (Fsp3) is 0.167. The maximum Gasteiger partial charge on any atom is 0.419 e. The Morgan fingerprint density at radius 1 is 1.20 bits per heavy atom. The van der Waals surface area contributed by atoms with Crippen molar-refractivity contribution in [2.75, 3.05) is 0 Å². The Balaban J connectivity index is 2.46. The molecule has 106 valence electrons. The van der Waals surface area contributed by atoms with Crippen molar-refractivity contribution in [1.82, 2.24) is 15.4 Å². The number of nitrogens with one attached hydrogen (secondary N) is 1. The van der Waals surface area contributed by atoms with Crippen LogP contribution in [0.15, 0.2) is 36.8 Å². The SMILES string of the molecule is NNC(c1ccc(F)c(C(F)(F)F)c1)c1ccncn1. The van der Waals surface area contributed by atoms with Crippen LogP contribution in [-0.2, 0) is 6.18 Å². The Bertz CT molecular complexity index is 586. The van der Waals surface area contributed by atoms with E-state index >= 15 is 0 Å². The molecule has 0 spiro atoms. The summed E-state index contributed by atoms with van der Waals surface area (Å²) >= 11 is 0. The minimum absolute atomic E-state index is 0.153. The van der Waals surface area contributed by atoms with Crippen molar-refractivity contribution in [2.45, 2.75) is 12.2 Å². The monoisotopic (exact) mass is 286 g/mol. The van der Waals surface area contributed by atoms with E-state index in [0.29, 0.717) is 11.8 Å².